The van der Waals surface area contributed by atoms with Gasteiger partial charge in [-0.15, -0.1) is 0 Å². The molecule has 2 unspecified atom stereocenters. The number of hydrogen-bond donors (Lipinski definition) is 2. The van der Waals surface area contributed by atoms with E-state index in [1.165, 1.54) is 12.3 Å². The third-order valence-electron chi connectivity index (χ3n) is 3.67. The Labute approximate surface area is 111 Å². The Morgan fingerprint density at radius 2 is 2.37 bits per heavy atom. The second-order valence-corrected chi connectivity index (χ2v) is 5.02. The molecule has 2 atom stereocenters. The topological polar surface area (TPSA) is 65.5 Å². The van der Waals surface area contributed by atoms with Crippen LogP contribution >= 0.6 is 0 Å². The fraction of sp³-hybridized carbons (Fsp3) is 0.538. The molecule has 19 heavy (non-hydrogen) atoms. The summed E-state index contributed by atoms with van der Waals surface area (Å²) in [6.07, 6.45) is 3.08. The summed E-state index contributed by atoms with van der Waals surface area (Å²) in [5, 5.41) is 11.9. The molecule has 0 spiro atoms. The number of nitrogens with one attached hydrogen (secondary N) is 1. The molecule has 5 nitrogen and oxygen atoms in total. The number of halogens is 1. The highest BCUT2D eigenvalue weighted by atomic mass is 19.1. The molecular weight excluding hydrogens is 249 g/mol. The molecule has 0 radical (unpaired) electrons. The van der Waals surface area contributed by atoms with E-state index in [9.17, 15) is 9.18 Å². The number of rotatable bonds is 3. The van der Waals surface area contributed by atoms with Crippen LogP contribution in [-0.2, 0) is 0 Å². The van der Waals surface area contributed by atoms with Crippen LogP contribution in [-0.4, -0.2) is 46.6 Å². The minimum absolute atomic E-state index is 0.0293. The normalized spacial score (nSPS) is 24.2. The lowest BCUT2D eigenvalue weighted by Crippen LogP contribution is -2.42. The fourth-order valence-electron chi connectivity index (χ4n) is 2.32. The lowest BCUT2D eigenvalue weighted by Gasteiger charge is -2.35. The van der Waals surface area contributed by atoms with E-state index in [-0.39, 0.29) is 17.4 Å². The zero-order chi connectivity index (χ0) is 14.0. The number of carboxylic acids is 1. The van der Waals surface area contributed by atoms with Crippen LogP contribution < -0.4 is 5.32 Å². The SMILES string of the molecule is CC1CC(Nc2nccc(C(=O)O)c2F)CCN1C. The summed E-state index contributed by atoms with van der Waals surface area (Å²) in [4.78, 5) is 17.0. The molecule has 2 N–H and O–H groups in total. The van der Waals surface area contributed by atoms with E-state index in [0.717, 1.165) is 19.4 Å². The molecule has 0 amide bonds. The standard InChI is InChI=1S/C13H18FN3O2/c1-8-7-9(4-6-17(8)2)16-12-11(14)10(13(18)19)3-5-15-12/h3,5,8-9H,4,6-7H2,1-2H3,(H,15,16)(H,18,19). The van der Waals surface area contributed by atoms with Crippen molar-refractivity contribution in [3.8, 4) is 0 Å². The molecule has 1 aliphatic heterocycles. The third-order valence-corrected chi connectivity index (χ3v) is 3.67. The summed E-state index contributed by atoms with van der Waals surface area (Å²) in [5.74, 6) is -2.04. The van der Waals surface area contributed by atoms with Crippen molar-refractivity contribution in [1.82, 2.24) is 9.88 Å². The van der Waals surface area contributed by atoms with Gasteiger partial charge in [0.25, 0.3) is 0 Å². The number of anilines is 1. The summed E-state index contributed by atoms with van der Waals surface area (Å²) in [6.45, 7) is 3.05. The van der Waals surface area contributed by atoms with Crippen molar-refractivity contribution in [2.75, 3.05) is 18.9 Å². The fourth-order valence-corrected chi connectivity index (χ4v) is 2.32. The molecule has 0 aromatic carbocycles. The lowest BCUT2D eigenvalue weighted by molar-refractivity contribution is 0.0691. The highest BCUT2D eigenvalue weighted by Gasteiger charge is 2.24. The first kappa shape index (κ1) is 13.7. The van der Waals surface area contributed by atoms with E-state index in [4.69, 9.17) is 5.11 Å². The van der Waals surface area contributed by atoms with Gasteiger partial charge in [0, 0.05) is 24.8 Å². The monoisotopic (exact) mass is 267 g/mol. The van der Waals surface area contributed by atoms with Crippen LogP contribution in [0.5, 0.6) is 0 Å². The van der Waals surface area contributed by atoms with E-state index in [0.29, 0.717) is 6.04 Å². The Kier molecular flexibility index (Phi) is 3.99. The van der Waals surface area contributed by atoms with Crippen molar-refractivity contribution >= 4 is 11.8 Å². The Hall–Kier alpha value is -1.69. The maximum Gasteiger partial charge on any atom is 0.338 e. The van der Waals surface area contributed by atoms with E-state index >= 15 is 0 Å². The Balaban J connectivity index is 2.11. The summed E-state index contributed by atoms with van der Waals surface area (Å²) in [6, 6.07) is 1.70. The molecule has 1 saturated heterocycles. The van der Waals surface area contributed by atoms with Gasteiger partial charge >= 0.3 is 5.97 Å². The molecule has 0 saturated carbocycles. The maximum atomic E-state index is 13.9. The van der Waals surface area contributed by atoms with E-state index in [2.05, 4.69) is 29.2 Å². The average Bonchev–Trinajstić information content (AvgIpc) is 2.36. The van der Waals surface area contributed by atoms with Crippen molar-refractivity contribution in [2.45, 2.75) is 31.8 Å². The minimum atomic E-state index is -1.28. The summed E-state index contributed by atoms with van der Waals surface area (Å²) < 4.78 is 13.9. The van der Waals surface area contributed by atoms with Crippen LogP contribution in [0.1, 0.15) is 30.1 Å². The molecule has 104 valence electrons. The number of piperidine rings is 1. The van der Waals surface area contributed by atoms with Gasteiger partial charge in [0.15, 0.2) is 11.6 Å². The van der Waals surface area contributed by atoms with Gasteiger partial charge < -0.3 is 15.3 Å². The molecule has 1 aromatic heterocycles. The predicted molar refractivity (Wildman–Crippen MR) is 69.9 cm³/mol. The van der Waals surface area contributed by atoms with Crippen molar-refractivity contribution in [3.63, 3.8) is 0 Å². The zero-order valence-electron chi connectivity index (χ0n) is 11.1. The molecule has 1 aliphatic rings. The van der Waals surface area contributed by atoms with Crippen LogP contribution in [0.25, 0.3) is 0 Å². The molecule has 1 fully saturated rings. The summed E-state index contributed by atoms with van der Waals surface area (Å²) in [7, 11) is 2.06. The van der Waals surface area contributed by atoms with Gasteiger partial charge in [0.1, 0.15) is 5.56 Å². The number of nitrogens with zero attached hydrogens (tertiary/aromatic N) is 2. The highest BCUT2D eigenvalue weighted by Crippen LogP contribution is 2.21. The van der Waals surface area contributed by atoms with Crippen molar-refractivity contribution in [3.05, 3.63) is 23.6 Å². The highest BCUT2D eigenvalue weighted by molar-refractivity contribution is 5.88. The second-order valence-electron chi connectivity index (χ2n) is 5.02. The number of carboxylic acid groups (broad SMARTS) is 1. The van der Waals surface area contributed by atoms with E-state index in [1.54, 1.807) is 0 Å². The van der Waals surface area contributed by atoms with Gasteiger partial charge in [-0.25, -0.2) is 14.2 Å². The van der Waals surface area contributed by atoms with E-state index in [1.807, 2.05) is 0 Å². The van der Waals surface area contributed by atoms with Gasteiger partial charge in [-0.05, 0) is 32.9 Å². The Morgan fingerprint density at radius 3 is 3.00 bits per heavy atom. The van der Waals surface area contributed by atoms with Crippen molar-refractivity contribution in [2.24, 2.45) is 0 Å². The molecule has 2 rings (SSSR count). The first-order valence-corrected chi connectivity index (χ1v) is 6.33. The Morgan fingerprint density at radius 1 is 1.63 bits per heavy atom. The van der Waals surface area contributed by atoms with Gasteiger partial charge in [0.2, 0.25) is 0 Å². The van der Waals surface area contributed by atoms with Crippen LogP contribution in [0.15, 0.2) is 12.3 Å². The smallest absolute Gasteiger partial charge is 0.338 e. The second kappa shape index (κ2) is 5.52. The van der Waals surface area contributed by atoms with Gasteiger partial charge in [-0.1, -0.05) is 0 Å². The molecule has 1 aromatic rings. The molecule has 0 bridgehead atoms. The lowest BCUT2D eigenvalue weighted by atomic mass is 9.99. The number of likely N-dealkylation sites (tertiary alicyclic amines) is 1. The van der Waals surface area contributed by atoms with Gasteiger partial charge in [-0.3, -0.25) is 0 Å². The first-order chi connectivity index (χ1) is 8.99. The maximum absolute atomic E-state index is 13.9. The molecule has 2 heterocycles. The molecular formula is C13H18FN3O2. The minimum Gasteiger partial charge on any atom is -0.478 e. The summed E-state index contributed by atoms with van der Waals surface area (Å²) >= 11 is 0. The number of carbonyl (C=O) groups is 1. The zero-order valence-corrected chi connectivity index (χ0v) is 11.1. The first-order valence-electron chi connectivity index (χ1n) is 6.33. The van der Waals surface area contributed by atoms with Gasteiger partial charge in [0.05, 0.1) is 0 Å². The van der Waals surface area contributed by atoms with Crippen LogP contribution in [0.3, 0.4) is 0 Å². The number of pyridine rings is 1. The predicted octanol–water partition coefficient (Wildman–Crippen LogP) is 1.81. The van der Waals surface area contributed by atoms with Crippen LogP contribution in [0.2, 0.25) is 0 Å². The third kappa shape index (κ3) is 3.01. The number of aromatic nitrogens is 1. The molecule has 6 heteroatoms. The average molecular weight is 267 g/mol. The molecule has 0 aliphatic carbocycles. The largest absolute Gasteiger partial charge is 0.478 e. The Bertz CT molecular complexity index is 481. The summed E-state index contributed by atoms with van der Waals surface area (Å²) in [5.41, 5.74) is -0.349. The van der Waals surface area contributed by atoms with Crippen LogP contribution in [0.4, 0.5) is 10.2 Å². The quantitative estimate of drug-likeness (QED) is 0.874. The number of aromatic carboxylic acids is 1. The van der Waals surface area contributed by atoms with Crippen LogP contribution in [0, 0.1) is 5.82 Å². The number of hydrogen-bond acceptors (Lipinski definition) is 4. The van der Waals surface area contributed by atoms with Crippen molar-refractivity contribution in [1.29, 1.82) is 0 Å². The van der Waals surface area contributed by atoms with Crippen molar-refractivity contribution < 1.29 is 14.3 Å². The van der Waals surface area contributed by atoms with Gasteiger partial charge in [-0.2, -0.15) is 0 Å². The van der Waals surface area contributed by atoms with E-state index < -0.39 is 11.8 Å².